The number of thiophene rings is 1. The van der Waals surface area contributed by atoms with Crippen molar-refractivity contribution in [3.63, 3.8) is 0 Å². The first-order valence-corrected chi connectivity index (χ1v) is 10.3. The zero-order chi connectivity index (χ0) is 18.6. The second kappa shape index (κ2) is 8.50. The van der Waals surface area contributed by atoms with Crippen molar-refractivity contribution in [1.82, 2.24) is 15.1 Å². The number of morpholine rings is 1. The average molecular weight is 380 g/mol. The second-order valence-corrected chi connectivity index (χ2v) is 8.56. The van der Waals surface area contributed by atoms with E-state index in [1.807, 2.05) is 17.5 Å². The van der Waals surface area contributed by atoms with Crippen LogP contribution in [0.1, 0.15) is 42.8 Å². The van der Waals surface area contributed by atoms with Crippen molar-refractivity contribution in [2.24, 2.45) is 0 Å². The molecule has 2 aliphatic heterocycles. The quantitative estimate of drug-likeness (QED) is 0.850. The van der Waals surface area contributed by atoms with Crippen molar-refractivity contribution in [2.75, 3.05) is 39.4 Å². The van der Waals surface area contributed by atoms with Gasteiger partial charge in [0.15, 0.2) is 0 Å². The van der Waals surface area contributed by atoms with Crippen molar-refractivity contribution >= 4 is 23.2 Å². The van der Waals surface area contributed by atoms with E-state index in [-0.39, 0.29) is 23.4 Å². The number of likely N-dealkylation sites (tertiary alicyclic amines) is 1. The van der Waals surface area contributed by atoms with E-state index in [2.05, 4.69) is 24.1 Å². The average Bonchev–Trinajstić information content (AvgIpc) is 3.21. The lowest BCUT2D eigenvalue weighted by molar-refractivity contribution is -0.127. The highest BCUT2D eigenvalue weighted by Gasteiger charge is 2.35. The number of hydrogen-bond acceptors (Lipinski definition) is 5. The molecule has 2 fully saturated rings. The third-order valence-electron chi connectivity index (χ3n) is 5.36. The van der Waals surface area contributed by atoms with Crippen LogP contribution in [-0.2, 0) is 9.53 Å². The topological polar surface area (TPSA) is 61.9 Å². The van der Waals surface area contributed by atoms with Crippen LogP contribution < -0.4 is 5.32 Å². The van der Waals surface area contributed by atoms with E-state index >= 15 is 0 Å². The minimum absolute atomic E-state index is 0.0210. The lowest BCUT2D eigenvalue weighted by Gasteiger charge is -2.41. The van der Waals surface area contributed by atoms with Crippen LogP contribution in [-0.4, -0.2) is 72.6 Å². The van der Waals surface area contributed by atoms with Crippen molar-refractivity contribution in [3.8, 4) is 0 Å². The summed E-state index contributed by atoms with van der Waals surface area (Å²) in [6, 6.07) is 3.35. The van der Waals surface area contributed by atoms with E-state index in [9.17, 15) is 9.59 Å². The van der Waals surface area contributed by atoms with Gasteiger partial charge in [0.1, 0.15) is 6.04 Å². The Morgan fingerprint density at radius 2 is 2.04 bits per heavy atom. The highest BCUT2D eigenvalue weighted by atomic mass is 32.1. The van der Waals surface area contributed by atoms with Crippen molar-refractivity contribution in [2.45, 2.75) is 44.7 Å². The van der Waals surface area contributed by atoms with Crippen LogP contribution in [0.5, 0.6) is 0 Å². The smallest absolute Gasteiger partial charge is 0.264 e. The Bertz CT molecular complexity index is 612. The van der Waals surface area contributed by atoms with E-state index in [4.69, 9.17) is 4.74 Å². The predicted molar refractivity (Wildman–Crippen MR) is 102 cm³/mol. The number of carbonyl (C=O) groups excluding carboxylic acids is 2. The number of rotatable bonds is 5. The monoisotopic (exact) mass is 379 g/mol. The van der Waals surface area contributed by atoms with Crippen LogP contribution in [0, 0.1) is 0 Å². The molecule has 0 saturated carbocycles. The largest absolute Gasteiger partial charge is 0.379 e. The Balaban J connectivity index is 1.60. The molecular formula is C19H29N3O3S. The summed E-state index contributed by atoms with van der Waals surface area (Å²) in [5.74, 6) is -0.0526. The van der Waals surface area contributed by atoms with Crippen molar-refractivity contribution < 1.29 is 14.3 Å². The fraction of sp³-hybridized carbons (Fsp3) is 0.684. The lowest BCUT2D eigenvalue weighted by Crippen LogP contribution is -2.58. The number of nitrogens with one attached hydrogen (secondary N) is 1. The number of ether oxygens (including phenoxy) is 1. The molecule has 0 aliphatic carbocycles. The number of piperidine rings is 1. The van der Waals surface area contributed by atoms with E-state index in [0.717, 1.165) is 45.6 Å². The summed E-state index contributed by atoms with van der Waals surface area (Å²) in [6.45, 7) is 8.77. The van der Waals surface area contributed by atoms with Gasteiger partial charge in [-0.1, -0.05) is 6.07 Å². The van der Waals surface area contributed by atoms with Gasteiger partial charge in [0.05, 0.1) is 18.1 Å². The summed E-state index contributed by atoms with van der Waals surface area (Å²) in [6.07, 6.45) is 2.68. The van der Waals surface area contributed by atoms with Crippen LogP contribution in [0.15, 0.2) is 17.5 Å². The maximum atomic E-state index is 12.9. The van der Waals surface area contributed by atoms with Crippen molar-refractivity contribution in [3.05, 3.63) is 22.4 Å². The third kappa shape index (κ3) is 4.45. The van der Waals surface area contributed by atoms with E-state index in [1.165, 1.54) is 11.3 Å². The number of amides is 2. The second-order valence-electron chi connectivity index (χ2n) is 7.62. The van der Waals surface area contributed by atoms with E-state index in [0.29, 0.717) is 18.0 Å². The molecule has 1 N–H and O–H groups in total. The Kier molecular flexibility index (Phi) is 6.32. The fourth-order valence-electron chi connectivity index (χ4n) is 3.69. The molecule has 2 amide bonds. The molecule has 1 aromatic heterocycles. The summed E-state index contributed by atoms with van der Waals surface area (Å²) >= 11 is 1.43. The highest BCUT2D eigenvalue weighted by Crippen LogP contribution is 2.22. The summed E-state index contributed by atoms with van der Waals surface area (Å²) < 4.78 is 5.42. The normalized spacial score (nSPS) is 22.2. The van der Waals surface area contributed by atoms with Gasteiger partial charge in [-0.25, -0.2) is 0 Å². The Morgan fingerprint density at radius 1 is 1.27 bits per heavy atom. The third-order valence-corrected chi connectivity index (χ3v) is 6.22. The SMILES string of the molecule is CC(C)(CNC(=O)C1CCCCN1C(=O)c1cccs1)N1CCOCC1. The van der Waals surface area contributed by atoms with E-state index in [1.54, 1.807) is 4.90 Å². The van der Waals surface area contributed by atoms with Crippen LogP contribution in [0.2, 0.25) is 0 Å². The molecule has 1 aromatic rings. The van der Waals surface area contributed by atoms with Gasteiger partial charge in [0.2, 0.25) is 5.91 Å². The first-order valence-electron chi connectivity index (χ1n) is 9.44. The van der Waals surface area contributed by atoms with Gasteiger partial charge in [0, 0.05) is 31.7 Å². The summed E-state index contributed by atoms with van der Waals surface area (Å²) in [7, 11) is 0. The highest BCUT2D eigenvalue weighted by molar-refractivity contribution is 7.12. The fourth-order valence-corrected chi connectivity index (χ4v) is 4.37. The first kappa shape index (κ1) is 19.3. The molecule has 0 spiro atoms. The van der Waals surface area contributed by atoms with E-state index < -0.39 is 0 Å². The number of hydrogen-bond donors (Lipinski definition) is 1. The molecule has 26 heavy (non-hydrogen) atoms. The van der Waals surface area contributed by atoms with Crippen LogP contribution in [0.3, 0.4) is 0 Å². The van der Waals surface area contributed by atoms with Crippen LogP contribution >= 0.6 is 11.3 Å². The van der Waals surface area contributed by atoms with Gasteiger partial charge in [-0.3, -0.25) is 14.5 Å². The maximum absolute atomic E-state index is 12.9. The molecule has 2 aliphatic rings. The molecule has 3 rings (SSSR count). The molecule has 1 atom stereocenters. The first-order chi connectivity index (χ1) is 12.5. The summed E-state index contributed by atoms with van der Waals surface area (Å²) in [5, 5.41) is 5.01. The molecule has 0 radical (unpaired) electrons. The molecule has 7 heteroatoms. The Hall–Kier alpha value is -1.44. The Labute approximate surface area is 159 Å². The van der Waals surface area contributed by atoms with Crippen LogP contribution in [0.25, 0.3) is 0 Å². The number of carbonyl (C=O) groups is 2. The van der Waals surface area contributed by atoms with Gasteiger partial charge in [-0.15, -0.1) is 11.3 Å². The molecule has 2 saturated heterocycles. The molecule has 3 heterocycles. The predicted octanol–water partition coefficient (Wildman–Crippen LogP) is 1.97. The van der Waals surface area contributed by atoms with Gasteiger partial charge < -0.3 is 15.0 Å². The molecule has 1 unspecified atom stereocenters. The van der Waals surface area contributed by atoms with Gasteiger partial charge in [0.25, 0.3) is 5.91 Å². The van der Waals surface area contributed by atoms with Crippen molar-refractivity contribution in [1.29, 1.82) is 0 Å². The van der Waals surface area contributed by atoms with Gasteiger partial charge in [-0.2, -0.15) is 0 Å². The summed E-state index contributed by atoms with van der Waals surface area (Å²) in [4.78, 5) is 30.4. The molecule has 6 nitrogen and oxygen atoms in total. The molecule has 0 bridgehead atoms. The lowest BCUT2D eigenvalue weighted by atomic mass is 9.99. The minimum Gasteiger partial charge on any atom is -0.379 e. The number of nitrogens with zero attached hydrogens (tertiary/aromatic N) is 2. The zero-order valence-corrected chi connectivity index (χ0v) is 16.5. The van der Waals surface area contributed by atoms with Gasteiger partial charge in [-0.05, 0) is 44.6 Å². The Morgan fingerprint density at radius 3 is 2.73 bits per heavy atom. The molecule has 0 aromatic carbocycles. The van der Waals surface area contributed by atoms with Crippen LogP contribution in [0.4, 0.5) is 0 Å². The van der Waals surface area contributed by atoms with Gasteiger partial charge >= 0.3 is 0 Å². The minimum atomic E-state index is -0.362. The summed E-state index contributed by atoms with van der Waals surface area (Å²) in [5.41, 5.74) is -0.128. The zero-order valence-electron chi connectivity index (χ0n) is 15.7. The molecule has 144 valence electrons. The standard InChI is InChI=1S/C19H29N3O3S/c1-19(2,21-9-11-25-12-10-21)14-20-17(23)15-6-3-4-8-22(15)18(24)16-7-5-13-26-16/h5,7,13,15H,3-4,6,8-12,14H2,1-2H3,(H,20,23). The maximum Gasteiger partial charge on any atom is 0.264 e. The molecular weight excluding hydrogens is 350 g/mol.